The van der Waals surface area contributed by atoms with Gasteiger partial charge in [0, 0.05) is 31.0 Å². The van der Waals surface area contributed by atoms with Crippen molar-refractivity contribution >= 4 is 5.95 Å². The molecule has 108 valence electrons. The lowest BCUT2D eigenvalue weighted by Crippen LogP contribution is -2.45. The topological polar surface area (TPSA) is 33.1 Å². The Balaban J connectivity index is 2.03. The van der Waals surface area contributed by atoms with Gasteiger partial charge in [-0.25, -0.2) is 4.98 Å². The summed E-state index contributed by atoms with van der Waals surface area (Å²) >= 11 is 0. The van der Waals surface area contributed by atoms with E-state index in [-0.39, 0.29) is 0 Å². The number of hydrogen-bond acceptors (Lipinski definition) is 3. The first-order valence-corrected chi connectivity index (χ1v) is 7.60. The van der Waals surface area contributed by atoms with E-state index in [0.717, 1.165) is 19.0 Å². The maximum Gasteiger partial charge on any atom is 0.202 e. The molecule has 0 spiro atoms. The van der Waals surface area contributed by atoms with Crippen molar-refractivity contribution in [3.05, 3.63) is 12.4 Å². The Morgan fingerprint density at radius 2 is 2.11 bits per heavy atom. The molecule has 19 heavy (non-hydrogen) atoms. The van der Waals surface area contributed by atoms with Gasteiger partial charge in [0.15, 0.2) is 0 Å². The van der Waals surface area contributed by atoms with Crippen molar-refractivity contribution in [2.45, 2.75) is 57.5 Å². The summed E-state index contributed by atoms with van der Waals surface area (Å²) in [6.07, 6.45) is 11.7. The maximum atomic E-state index is 4.45. The minimum absolute atomic E-state index is 0.321. The molecule has 1 aliphatic carbocycles. The van der Waals surface area contributed by atoms with Crippen LogP contribution >= 0.6 is 0 Å². The molecule has 1 heterocycles. The summed E-state index contributed by atoms with van der Waals surface area (Å²) in [6.45, 7) is 4.28. The minimum Gasteiger partial charge on any atom is -0.356 e. The summed E-state index contributed by atoms with van der Waals surface area (Å²) in [6, 6.07) is 0. The molecule has 0 atom stereocenters. The van der Waals surface area contributed by atoms with E-state index in [2.05, 4.69) is 47.0 Å². The van der Waals surface area contributed by atoms with Crippen molar-refractivity contribution in [3.63, 3.8) is 0 Å². The van der Waals surface area contributed by atoms with Crippen LogP contribution in [0.2, 0.25) is 0 Å². The summed E-state index contributed by atoms with van der Waals surface area (Å²) in [5.41, 5.74) is 0.321. The van der Waals surface area contributed by atoms with Crippen molar-refractivity contribution in [2.75, 3.05) is 26.0 Å². The molecule has 1 aromatic heterocycles. The number of likely N-dealkylation sites (N-methyl/N-ethyl adjacent to an activating group) is 1. The quantitative estimate of drug-likeness (QED) is 0.769. The smallest absolute Gasteiger partial charge is 0.202 e. The van der Waals surface area contributed by atoms with Crippen LogP contribution in [0.15, 0.2) is 12.4 Å². The number of anilines is 1. The van der Waals surface area contributed by atoms with E-state index in [9.17, 15) is 0 Å². The van der Waals surface area contributed by atoms with Gasteiger partial charge in [-0.15, -0.1) is 0 Å². The maximum absolute atomic E-state index is 4.45. The number of rotatable bonds is 7. The minimum atomic E-state index is 0.321. The molecule has 1 aromatic rings. The standard InChI is InChI=1S/C15H28N4/c1-4-5-10-16-14-17-11-12-19(14)13-15(18(2)3)8-6-7-9-15/h11-12H,4-10,13H2,1-3H3,(H,16,17). The van der Waals surface area contributed by atoms with Gasteiger partial charge in [0.2, 0.25) is 5.95 Å². The van der Waals surface area contributed by atoms with Crippen LogP contribution in [-0.2, 0) is 6.54 Å². The summed E-state index contributed by atoms with van der Waals surface area (Å²) in [7, 11) is 4.43. The van der Waals surface area contributed by atoms with Gasteiger partial charge in [-0.1, -0.05) is 26.2 Å². The number of nitrogens with zero attached hydrogens (tertiary/aromatic N) is 3. The lowest BCUT2D eigenvalue weighted by Gasteiger charge is -2.37. The highest BCUT2D eigenvalue weighted by Gasteiger charge is 2.36. The third-order valence-corrected chi connectivity index (χ3v) is 4.48. The molecule has 0 saturated heterocycles. The number of nitrogens with one attached hydrogen (secondary N) is 1. The number of aromatic nitrogens is 2. The predicted molar refractivity (Wildman–Crippen MR) is 80.5 cm³/mol. The highest BCUT2D eigenvalue weighted by Crippen LogP contribution is 2.35. The number of hydrogen-bond donors (Lipinski definition) is 1. The Kier molecular flexibility index (Phi) is 4.86. The van der Waals surface area contributed by atoms with Gasteiger partial charge in [0.05, 0.1) is 0 Å². The molecule has 1 fully saturated rings. The lowest BCUT2D eigenvalue weighted by atomic mass is 9.96. The second-order valence-electron chi connectivity index (χ2n) is 5.98. The van der Waals surface area contributed by atoms with Crippen LogP contribution in [0.25, 0.3) is 0 Å². The van der Waals surface area contributed by atoms with Crippen LogP contribution < -0.4 is 5.32 Å². The average molecular weight is 264 g/mol. The Hall–Kier alpha value is -1.03. The lowest BCUT2D eigenvalue weighted by molar-refractivity contribution is 0.134. The predicted octanol–water partition coefficient (Wildman–Crippen LogP) is 2.97. The Morgan fingerprint density at radius 1 is 1.37 bits per heavy atom. The zero-order chi connectivity index (χ0) is 13.7. The van der Waals surface area contributed by atoms with E-state index in [1.54, 1.807) is 0 Å². The fraction of sp³-hybridized carbons (Fsp3) is 0.800. The van der Waals surface area contributed by atoms with E-state index in [1.807, 2.05) is 6.20 Å². The van der Waals surface area contributed by atoms with E-state index in [0.29, 0.717) is 5.54 Å². The first-order valence-electron chi connectivity index (χ1n) is 7.60. The van der Waals surface area contributed by atoms with Gasteiger partial charge in [-0.2, -0.15) is 0 Å². The molecule has 1 aliphatic rings. The van der Waals surface area contributed by atoms with Crippen LogP contribution in [0.1, 0.15) is 45.4 Å². The van der Waals surface area contributed by atoms with Crippen LogP contribution in [0, 0.1) is 0 Å². The molecule has 0 unspecified atom stereocenters. The van der Waals surface area contributed by atoms with Crippen LogP contribution in [0.4, 0.5) is 5.95 Å². The van der Waals surface area contributed by atoms with Gasteiger partial charge in [-0.05, 0) is 33.4 Å². The molecule has 1 saturated carbocycles. The molecular weight excluding hydrogens is 236 g/mol. The third kappa shape index (κ3) is 3.30. The molecule has 0 bridgehead atoms. The van der Waals surface area contributed by atoms with Gasteiger partial charge >= 0.3 is 0 Å². The van der Waals surface area contributed by atoms with Gasteiger partial charge in [0.25, 0.3) is 0 Å². The fourth-order valence-electron chi connectivity index (χ4n) is 3.08. The largest absolute Gasteiger partial charge is 0.356 e. The van der Waals surface area contributed by atoms with Gasteiger partial charge in [-0.3, -0.25) is 0 Å². The molecule has 2 rings (SSSR count). The monoisotopic (exact) mass is 264 g/mol. The van der Waals surface area contributed by atoms with Crippen molar-refractivity contribution in [1.29, 1.82) is 0 Å². The van der Waals surface area contributed by atoms with E-state index in [4.69, 9.17) is 0 Å². The summed E-state index contributed by atoms with van der Waals surface area (Å²) in [5, 5.41) is 3.46. The van der Waals surface area contributed by atoms with E-state index in [1.165, 1.54) is 38.5 Å². The molecule has 0 amide bonds. The highest BCUT2D eigenvalue weighted by molar-refractivity contribution is 5.26. The SMILES string of the molecule is CCCCNc1nccn1CC1(N(C)C)CCCC1. The normalized spacial score (nSPS) is 18.1. The van der Waals surface area contributed by atoms with E-state index >= 15 is 0 Å². The molecular formula is C15H28N4. The van der Waals surface area contributed by atoms with Crippen molar-refractivity contribution in [3.8, 4) is 0 Å². The molecule has 0 aliphatic heterocycles. The molecule has 4 heteroatoms. The second-order valence-corrected chi connectivity index (χ2v) is 5.98. The first-order chi connectivity index (χ1) is 9.18. The zero-order valence-electron chi connectivity index (χ0n) is 12.7. The van der Waals surface area contributed by atoms with Crippen molar-refractivity contribution < 1.29 is 0 Å². The zero-order valence-corrected chi connectivity index (χ0v) is 12.7. The Morgan fingerprint density at radius 3 is 2.74 bits per heavy atom. The third-order valence-electron chi connectivity index (χ3n) is 4.48. The van der Waals surface area contributed by atoms with Crippen LogP contribution in [0.5, 0.6) is 0 Å². The van der Waals surface area contributed by atoms with Crippen molar-refractivity contribution in [2.24, 2.45) is 0 Å². The molecule has 0 radical (unpaired) electrons. The number of imidazole rings is 1. The van der Waals surface area contributed by atoms with Gasteiger partial charge in [0.1, 0.15) is 0 Å². The first kappa shape index (κ1) is 14.4. The Bertz CT molecular complexity index is 377. The summed E-state index contributed by atoms with van der Waals surface area (Å²) in [4.78, 5) is 6.87. The highest BCUT2D eigenvalue weighted by atomic mass is 15.2. The fourth-order valence-corrected chi connectivity index (χ4v) is 3.08. The van der Waals surface area contributed by atoms with Gasteiger partial charge < -0.3 is 14.8 Å². The second kappa shape index (κ2) is 6.42. The average Bonchev–Trinajstić information content (AvgIpc) is 3.01. The summed E-state index contributed by atoms with van der Waals surface area (Å²) in [5.74, 6) is 1.03. The Labute approximate surface area is 117 Å². The van der Waals surface area contributed by atoms with Crippen LogP contribution in [0.3, 0.4) is 0 Å². The molecule has 4 nitrogen and oxygen atoms in total. The van der Waals surface area contributed by atoms with E-state index < -0.39 is 0 Å². The molecule has 1 N–H and O–H groups in total. The van der Waals surface area contributed by atoms with Crippen molar-refractivity contribution in [1.82, 2.24) is 14.5 Å². The molecule has 0 aromatic carbocycles. The number of unbranched alkanes of at least 4 members (excludes halogenated alkanes) is 1. The van der Waals surface area contributed by atoms with Crippen LogP contribution in [-0.4, -0.2) is 40.6 Å². The summed E-state index contributed by atoms with van der Waals surface area (Å²) < 4.78 is 2.29.